The van der Waals surface area contributed by atoms with Crippen molar-refractivity contribution in [3.8, 4) is 0 Å². The fourth-order valence-electron chi connectivity index (χ4n) is 4.38. The molecular weight excluding hydrogens is 443 g/mol. The second-order valence-electron chi connectivity index (χ2n) is 8.77. The van der Waals surface area contributed by atoms with Gasteiger partial charge in [0.2, 0.25) is 0 Å². The van der Waals surface area contributed by atoms with Crippen LogP contribution in [0.1, 0.15) is 31.2 Å². The van der Waals surface area contributed by atoms with E-state index in [0.29, 0.717) is 0 Å². The smallest absolute Gasteiger partial charge is 0.377 e. The first-order chi connectivity index (χ1) is 16.2. The first kappa shape index (κ1) is 23.7. The summed E-state index contributed by atoms with van der Waals surface area (Å²) in [5.74, 6) is 0.806. The number of anilines is 3. The number of alkyl halides is 3. The van der Waals surface area contributed by atoms with Crippen molar-refractivity contribution in [3.63, 3.8) is 0 Å². The predicted molar refractivity (Wildman–Crippen MR) is 129 cm³/mol. The quantitative estimate of drug-likeness (QED) is 0.436. The number of hydrogen-bond donors (Lipinski definition) is 3. The van der Waals surface area contributed by atoms with Crippen LogP contribution in [-0.4, -0.2) is 37.2 Å². The number of carbonyl (C=O) groups is 1. The molecule has 0 aliphatic heterocycles. The zero-order chi connectivity index (χ0) is 24.3. The molecule has 4 rings (SSSR count). The fourth-order valence-corrected chi connectivity index (χ4v) is 4.38. The molecule has 1 aliphatic carbocycles. The lowest BCUT2D eigenvalue weighted by Gasteiger charge is -2.30. The molecule has 6 nitrogen and oxygen atoms in total. The molecule has 9 heteroatoms. The van der Waals surface area contributed by atoms with Crippen molar-refractivity contribution in [1.29, 1.82) is 0 Å². The van der Waals surface area contributed by atoms with Gasteiger partial charge in [0.15, 0.2) is 0 Å². The van der Waals surface area contributed by atoms with Gasteiger partial charge in [0.25, 0.3) is 0 Å². The zero-order valence-electron chi connectivity index (χ0n) is 19.1. The van der Waals surface area contributed by atoms with Crippen molar-refractivity contribution < 1.29 is 18.0 Å². The molecule has 0 bridgehead atoms. The van der Waals surface area contributed by atoms with Crippen molar-refractivity contribution in [2.45, 2.75) is 43.9 Å². The Morgan fingerprint density at radius 1 is 0.971 bits per heavy atom. The number of nitrogens with one attached hydrogen (secondary N) is 3. The van der Waals surface area contributed by atoms with Crippen LogP contribution in [0.2, 0.25) is 0 Å². The summed E-state index contributed by atoms with van der Waals surface area (Å²) in [6.45, 7) is 0. The van der Waals surface area contributed by atoms with E-state index in [-0.39, 0.29) is 17.8 Å². The number of pyridine rings is 1. The van der Waals surface area contributed by atoms with Gasteiger partial charge in [-0.05, 0) is 43.9 Å². The van der Waals surface area contributed by atoms with Crippen molar-refractivity contribution in [1.82, 2.24) is 10.3 Å². The molecule has 0 spiro atoms. The Labute approximate surface area is 196 Å². The molecule has 1 saturated carbocycles. The topological polar surface area (TPSA) is 69.3 Å². The number of fused-ring (bicyclic) bond motifs is 1. The van der Waals surface area contributed by atoms with Crippen LogP contribution >= 0.6 is 0 Å². The second-order valence-corrected chi connectivity index (χ2v) is 8.77. The first-order valence-electron chi connectivity index (χ1n) is 11.3. The number of aromatic nitrogens is 1. The van der Waals surface area contributed by atoms with Crippen molar-refractivity contribution in [3.05, 3.63) is 60.2 Å². The Morgan fingerprint density at radius 3 is 2.32 bits per heavy atom. The molecule has 1 aromatic heterocycles. The van der Waals surface area contributed by atoms with Crippen LogP contribution in [0.15, 0.2) is 54.6 Å². The average molecular weight is 472 g/mol. The number of amides is 2. The molecule has 1 heterocycles. The highest BCUT2D eigenvalue weighted by molar-refractivity contribution is 5.93. The lowest BCUT2D eigenvalue weighted by Crippen LogP contribution is -2.42. The van der Waals surface area contributed by atoms with Gasteiger partial charge in [-0.1, -0.05) is 30.3 Å². The highest BCUT2D eigenvalue weighted by Gasteiger charge is 2.33. The van der Waals surface area contributed by atoms with E-state index in [1.54, 1.807) is 0 Å². The number of urea groups is 1. The first-order valence-corrected chi connectivity index (χ1v) is 11.3. The van der Waals surface area contributed by atoms with Gasteiger partial charge in [0.1, 0.15) is 5.82 Å². The molecule has 1 fully saturated rings. The third kappa shape index (κ3) is 5.52. The van der Waals surface area contributed by atoms with Gasteiger partial charge in [-0.3, -0.25) is 0 Å². The predicted octanol–water partition coefficient (Wildman–Crippen LogP) is 5.86. The zero-order valence-corrected chi connectivity index (χ0v) is 19.1. The van der Waals surface area contributed by atoms with Crippen LogP contribution in [0.25, 0.3) is 10.9 Å². The number of rotatable bonds is 5. The lowest BCUT2D eigenvalue weighted by atomic mass is 9.91. The molecule has 0 saturated heterocycles. The van der Waals surface area contributed by atoms with Crippen LogP contribution in [0.4, 0.5) is 35.2 Å². The maximum Gasteiger partial charge on any atom is 0.418 e. The molecule has 0 radical (unpaired) electrons. The summed E-state index contributed by atoms with van der Waals surface area (Å²) >= 11 is 0. The Balaban J connectivity index is 1.33. The van der Waals surface area contributed by atoms with Crippen LogP contribution in [0.3, 0.4) is 0 Å². The van der Waals surface area contributed by atoms with E-state index in [4.69, 9.17) is 4.98 Å². The SMILES string of the molecule is CN(C)c1cc(NC2CCC(NC(=O)Nc3ccccc3C(F)(F)F)CC2)nc2ccccc12. The van der Waals surface area contributed by atoms with Gasteiger partial charge in [-0.2, -0.15) is 13.2 Å². The van der Waals surface area contributed by atoms with Crippen LogP contribution in [-0.2, 0) is 6.18 Å². The van der Waals surface area contributed by atoms with E-state index in [0.717, 1.165) is 54.2 Å². The van der Waals surface area contributed by atoms with Crippen LogP contribution < -0.4 is 20.9 Å². The number of carbonyl (C=O) groups excluding carboxylic acids is 1. The van der Waals surface area contributed by atoms with Crippen molar-refractivity contribution in [2.24, 2.45) is 0 Å². The molecule has 34 heavy (non-hydrogen) atoms. The number of para-hydroxylation sites is 2. The van der Waals surface area contributed by atoms with Crippen molar-refractivity contribution >= 4 is 34.1 Å². The molecule has 0 unspecified atom stereocenters. The average Bonchev–Trinajstić information content (AvgIpc) is 2.79. The van der Waals surface area contributed by atoms with E-state index in [2.05, 4.69) is 26.9 Å². The molecule has 3 N–H and O–H groups in total. The molecule has 3 aromatic rings. The summed E-state index contributed by atoms with van der Waals surface area (Å²) in [6, 6.07) is 14.5. The molecule has 1 aliphatic rings. The number of hydrogen-bond acceptors (Lipinski definition) is 4. The summed E-state index contributed by atoms with van der Waals surface area (Å²) in [6.07, 6.45) is -1.46. The summed E-state index contributed by atoms with van der Waals surface area (Å²) in [5.41, 5.74) is 0.890. The minimum atomic E-state index is -4.53. The molecule has 2 amide bonds. The van der Waals surface area contributed by atoms with E-state index in [9.17, 15) is 18.0 Å². The molecule has 2 aromatic carbocycles. The molecular formula is C25H28F3N5O. The van der Waals surface area contributed by atoms with Gasteiger partial charge >= 0.3 is 12.2 Å². The fraction of sp³-hybridized carbons (Fsp3) is 0.360. The maximum absolute atomic E-state index is 13.1. The summed E-state index contributed by atoms with van der Waals surface area (Å²) in [7, 11) is 4.00. The maximum atomic E-state index is 13.1. The standard InChI is InChI=1S/C25H28F3N5O/c1-33(2)22-15-23(31-20-9-5-3-7-18(20)22)29-16-11-13-17(14-12-16)30-24(34)32-21-10-6-4-8-19(21)25(26,27)28/h3-10,15-17H,11-14H2,1-2H3,(H,29,31)(H2,30,32,34). The lowest BCUT2D eigenvalue weighted by molar-refractivity contribution is -0.136. The minimum Gasteiger partial charge on any atom is -0.377 e. The van der Waals surface area contributed by atoms with Gasteiger partial charge in [0, 0.05) is 43.3 Å². The Kier molecular flexibility index (Phi) is 6.81. The van der Waals surface area contributed by atoms with E-state index in [1.165, 1.54) is 18.2 Å². The second kappa shape index (κ2) is 9.79. The normalized spacial score (nSPS) is 18.4. The summed E-state index contributed by atoms with van der Waals surface area (Å²) < 4.78 is 39.4. The van der Waals surface area contributed by atoms with E-state index >= 15 is 0 Å². The monoisotopic (exact) mass is 471 g/mol. The van der Waals surface area contributed by atoms with Crippen molar-refractivity contribution in [2.75, 3.05) is 29.6 Å². The minimum absolute atomic E-state index is 0.0991. The van der Waals surface area contributed by atoms with E-state index < -0.39 is 17.8 Å². The Bertz CT molecular complexity index is 1160. The number of nitrogens with zero attached hydrogens (tertiary/aromatic N) is 2. The highest BCUT2D eigenvalue weighted by atomic mass is 19.4. The number of halogens is 3. The molecule has 180 valence electrons. The van der Waals surface area contributed by atoms with Gasteiger partial charge in [0.05, 0.1) is 16.8 Å². The van der Waals surface area contributed by atoms with E-state index in [1.807, 2.05) is 38.4 Å². The van der Waals surface area contributed by atoms with Crippen LogP contribution in [0, 0.1) is 0 Å². The number of benzene rings is 2. The van der Waals surface area contributed by atoms with Gasteiger partial charge in [-0.15, -0.1) is 0 Å². The summed E-state index contributed by atoms with van der Waals surface area (Å²) in [5, 5.41) is 9.76. The highest BCUT2D eigenvalue weighted by Crippen LogP contribution is 2.34. The molecule has 0 atom stereocenters. The summed E-state index contributed by atoms with van der Waals surface area (Å²) in [4.78, 5) is 19.1. The van der Waals surface area contributed by atoms with Crippen LogP contribution in [0.5, 0.6) is 0 Å². The third-order valence-corrected chi connectivity index (χ3v) is 6.07. The Hall–Kier alpha value is -3.49. The van der Waals surface area contributed by atoms with Gasteiger partial charge < -0.3 is 20.9 Å². The Morgan fingerprint density at radius 2 is 1.62 bits per heavy atom. The third-order valence-electron chi connectivity index (χ3n) is 6.07. The largest absolute Gasteiger partial charge is 0.418 e. The van der Waals surface area contributed by atoms with Gasteiger partial charge in [-0.25, -0.2) is 9.78 Å².